The molecule has 1 unspecified atom stereocenters. The van der Waals surface area contributed by atoms with Gasteiger partial charge in [0, 0.05) is 6.10 Å². The summed E-state index contributed by atoms with van der Waals surface area (Å²) in [5, 5.41) is 11.1. The molecule has 0 aromatic carbocycles. The molecule has 0 aromatic rings. The highest BCUT2D eigenvalue weighted by atomic mass is 28.4. The van der Waals surface area contributed by atoms with E-state index in [2.05, 4.69) is 47.7 Å². The predicted molar refractivity (Wildman–Crippen MR) is 134 cm³/mol. The van der Waals surface area contributed by atoms with Gasteiger partial charge in [-0.2, -0.15) is 0 Å². The van der Waals surface area contributed by atoms with Gasteiger partial charge in [0.1, 0.15) is 5.60 Å². The fourth-order valence-electron chi connectivity index (χ4n) is 8.73. The number of Topliss-reactive ketones (excluding diaryl/α,β-unsaturated/α-hetero) is 1. The number of rotatable bonds is 4. The highest BCUT2D eigenvalue weighted by Gasteiger charge is 2.59. The molecule has 0 aliphatic heterocycles. The summed E-state index contributed by atoms with van der Waals surface area (Å²) in [4.78, 5) is 12.1. The molecule has 0 heterocycles. The first-order valence-corrected chi connectivity index (χ1v) is 16.5. The Morgan fingerprint density at radius 3 is 2.28 bits per heavy atom. The van der Waals surface area contributed by atoms with Crippen LogP contribution in [-0.2, 0) is 9.22 Å². The van der Waals surface area contributed by atoms with Crippen molar-refractivity contribution in [2.24, 2.45) is 40.9 Å². The van der Waals surface area contributed by atoms with Crippen LogP contribution < -0.4 is 0 Å². The second kappa shape index (κ2) is 8.19. The topological polar surface area (TPSA) is 46.5 Å². The average molecular weight is 463 g/mol. The minimum Gasteiger partial charge on any atom is -0.414 e. The highest BCUT2D eigenvalue weighted by Crippen LogP contribution is 2.65. The third kappa shape index (κ3) is 3.98. The molecule has 4 fully saturated rings. The largest absolute Gasteiger partial charge is 0.414 e. The van der Waals surface area contributed by atoms with E-state index in [0.717, 1.165) is 36.5 Å². The average Bonchev–Trinajstić information content (AvgIpc) is 3.03. The van der Waals surface area contributed by atoms with Gasteiger partial charge in [-0.25, -0.2) is 0 Å². The third-order valence-corrected chi connectivity index (χ3v) is 16.2. The van der Waals surface area contributed by atoms with Crippen molar-refractivity contribution in [3.05, 3.63) is 0 Å². The quantitative estimate of drug-likeness (QED) is 0.458. The molecule has 1 N–H and O–H groups in total. The van der Waals surface area contributed by atoms with Gasteiger partial charge in [-0.15, -0.1) is 0 Å². The lowest BCUT2D eigenvalue weighted by atomic mass is 9.48. The molecule has 0 spiro atoms. The Balaban J connectivity index is 1.47. The normalized spacial score (nSPS) is 45.5. The van der Waals surface area contributed by atoms with Crippen LogP contribution in [-0.4, -0.2) is 30.9 Å². The lowest BCUT2D eigenvalue weighted by molar-refractivity contribution is -0.149. The Morgan fingerprint density at radius 2 is 1.66 bits per heavy atom. The molecular formula is C28H50O3Si. The first-order valence-electron chi connectivity index (χ1n) is 13.6. The zero-order chi connectivity index (χ0) is 23.7. The first-order chi connectivity index (χ1) is 14.7. The van der Waals surface area contributed by atoms with Crippen LogP contribution >= 0.6 is 0 Å². The molecule has 4 aliphatic rings. The standard InChI is InChI=1S/C28H50O3Si/c1-18(31-32(7,8)26(3,4)5)24-11-12-25-23-10-9-20-17-28(30,19(2)29)16-14-21(20)22(23)13-15-27(24,25)6/h18,20-25,30H,9-17H2,1-8H3/t18?,20-,21+,22-,23-,24-,25+,27-,28-/m1/s1. The molecule has 4 aliphatic carbocycles. The maximum atomic E-state index is 12.1. The molecule has 0 aromatic heterocycles. The van der Waals surface area contributed by atoms with E-state index in [4.69, 9.17) is 4.43 Å². The van der Waals surface area contributed by atoms with Crippen molar-refractivity contribution in [2.75, 3.05) is 0 Å². The fraction of sp³-hybridized carbons (Fsp3) is 0.964. The Morgan fingerprint density at radius 1 is 1.00 bits per heavy atom. The summed E-state index contributed by atoms with van der Waals surface area (Å²) < 4.78 is 6.95. The highest BCUT2D eigenvalue weighted by molar-refractivity contribution is 6.74. The number of fused-ring (bicyclic) bond motifs is 5. The minimum absolute atomic E-state index is 0.0105. The van der Waals surface area contributed by atoms with Crippen LogP contribution in [0.2, 0.25) is 18.1 Å². The Kier molecular flexibility index (Phi) is 6.38. The summed E-state index contributed by atoms with van der Waals surface area (Å²) in [7, 11) is -1.76. The van der Waals surface area contributed by atoms with Gasteiger partial charge in [0.05, 0.1) is 0 Å². The summed E-state index contributed by atoms with van der Waals surface area (Å²) in [6.45, 7) is 18.4. The lowest BCUT2D eigenvalue weighted by Crippen LogP contribution is -2.53. The maximum Gasteiger partial charge on any atom is 0.192 e. The van der Waals surface area contributed by atoms with Gasteiger partial charge >= 0.3 is 0 Å². The maximum absolute atomic E-state index is 12.1. The van der Waals surface area contributed by atoms with E-state index in [0.29, 0.717) is 29.8 Å². The van der Waals surface area contributed by atoms with Crippen LogP contribution in [0.4, 0.5) is 0 Å². The SMILES string of the molecule is CC(=O)[C@@]1(O)CC[C@H]2[C@H](CC[C@@H]3[C@@H]2CC[C@]2(C)[C@@H](C(C)O[Si](C)(C)C(C)(C)C)CC[C@@H]32)C1. The van der Waals surface area contributed by atoms with Crippen LogP contribution in [0.25, 0.3) is 0 Å². The van der Waals surface area contributed by atoms with Crippen molar-refractivity contribution in [1.82, 2.24) is 0 Å². The monoisotopic (exact) mass is 462 g/mol. The molecule has 9 atom stereocenters. The number of hydrogen-bond donors (Lipinski definition) is 1. The van der Waals surface area contributed by atoms with E-state index in [9.17, 15) is 9.90 Å². The van der Waals surface area contributed by atoms with Gasteiger partial charge in [0.25, 0.3) is 0 Å². The van der Waals surface area contributed by atoms with E-state index < -0.39 is 13.9 Å². The van der Waals surface area contributed by atoms with Gasteiger partial charge in [0.2, 0.25) is 0 Å². The van der Waals surface area contributed by atoms with Gasteiger partial charge in [-0.05, 0) is 131 Å². The molecule has 184 valence electrons. The summed E-state index contributed by atoms with van der Waals surface area (Å²) in [6, 6.07) is 0. The summed E-state index contributed by atoms with van der Waals surface area (Å²) in [5.74, 6) is 4.48. The van der Waals surface area contributed by atoms with Gasteiger partial charge in [-0.1, -0.05) is 27.7 Å². The summed E-state index contributed by atoms with van der Waals surface area (Å²) in [5.41, 5.74) is -0.614. The molecule has 4 rings (SSSR count). The van der Waals surface area contributed by atoms with Gasteiger partial charge < -0.3 is 9.53 Å². The number of aliphatic hydroxyl groups is 1. The van der Waals surface area contributed by atoms with E-state index in [1.165, 1.54) is 38.5 Å². The van der Waals surface area contributed by atoms with E-state index in [-0.39, 0.29) is 10.8 Å². The van der Waals surface area contributed by atoms with Crippen molar-refractivity contribution in [1.29, 1.82) is 0 Å². The van der Waals surface area contributed by atoms with E-state index in [1.54, 1.807) is 6.92 Å². The number of ketones is 1. The molecular weight excluding hydrogens is 412 g/mol. The Hall–Kier alpha value is -0.193. The van der Waals surface area contributed by atoms with E-state index in [1.807, 2.05) is 0 Å². The zero-order valence-electron chi connectivity index (χ0n) is 22.2. The second-order valence-electron chi connectivity index (χ2n) is 14.1. The van der Waals surface area contributed by atoms with Crippen LogP contribution in [0.15, 0.2) is 0 Å². The fourth-order valence-corrected chi connectivity index (χ4v) is 10.2. The molecule has 32 heavy (non-hydrogen) atoms. The molecule has 0 bridgehead atoms. The van der Waals surface area contributed by atoms with Crippen LogP contribution in [0.3, 0.4) is 0 Å². The molecule has 4 saturated carbocycles. The molecule has 0 amide bonds. The first kappa shape index (κ1) is 24.9. The van der Waals surface area contributed by atoms with Gasteiger partial charge in [0.15, 0.2) is 14.1 Å². The number of carbonyl (C=O) groups is 1. The van der Waals surface area contributed by atoms with Crippen molar-refractivity contribution in [3.8, 4) is 0 Å². The summed E-state index contributed by atoms with van der Waals surface area (Å²) >= 11 is 0. The van der Waals surface area contributed by atoms with Gasteiger partial charge in [-0.3, -0.25) is 4.79 Å². The van der Waals surface area contributed by atoms with Crippen LogP contribution in [0, 0.1) is 40.9 Å². The molecule has 3 nitrogen and oxygen atoms in total. The van der Waals surface area contributed by atoms with Crippen molar-refractivity contribution in [3.63, 3.8) is 0 Å². The minimum atomic E-state index is -1.76. The third-order valence-electron chi connectivity index (χ3n) is 11.6. The van der Waals surface area contributed by atoms with Crippen molar-refractivity contribution < 1.29 is 14.3 Å². The predicted octanol–water partition coefficient (Wildman–Crippen LogP) is 6.99. The smallest absolute Gasteiger partial charge is 0.192 e. The molecule has 0 radical (unpaired) electrons. The molecule has 4 heteroatoms. The lowest BCUT2D eigenvalue weighted by Gasteiger charge is -2.57. The Labute approximate surface area is 198 Å². The number of hydrogen-bond acceptors (Lipinski definition) is 3. The summed E-state index contributed by atoms with van der Waals surface area (Å²) in [6.07, 6.45) is 10.8. The van der Waals surface area contributed by atoms with Crippen molar-refractivity contribution >= 4 is 14.1 Å². The number of carbonyl (C=O) groups excluding carboxylic acids is 1. The zero-order valence-corrected chi connectivity index (χ0v) is 23.2. The van der Waals surface area contributed by atoms with Crippen molar-refractivity contribution in [2.45, 2.75) is 129 Å². The van der Waals surface area contributed by atoms with Crippen LogP contribution in [0.5, 0.6) is 0 Å². The second-order valence-corrected chi connectivity index (χ2v) is 18.8. The van der Waals surface area contributed by atoms with Crippen LogP contribution in [0.1, 0.15) is 99.3 Å². The molecule has 0 saturated heterocycles. The van der Waals surface area contributed by atoms with E-state index >= 15 is 0 Å². The Bertz CT molecular complexity index is 727.